The Morgan fingerprint density at radius 2 is 1.87 bits per heavy atom. The molecule has 1 aromatic heterocycles. The minimum atomic E-state index is -3.90. The molecule has 0 N–H and O–H groups in total. The van der Waals surface area contributed by atoms with Gasteiger partial charge in [-0.25, -0.2) is 8.42 Å². The number of nitrogens with zero attached hydrogens (tertiary/aromatic N) is 3. The van der Waals surface area contributed by atoms with Crippen LogP contribution in [0.15, 0.2) is 23.2 Å². The summed E-state index contributed by atoms with van der Waals surface area (Å²) in [6, 6.07) is 5.50. The van der Waals surface area contributed by atoms with Crippen molar-refractivity contribution >= 4 is 43.2 Å². The molecule has 2 amide bonds. The average Bonchev–Trinajstić information content (AvgIpc) is 3.07. The Bertz CT molecular complexity index is 1110. The number of piperidine rings is 1. The summed E-state index contributed by atoms with van der Waals surface area (Å²) in [5.74, 6) is -2.03. The zero-order valence-electron chi connectivity index (χ0n) is 17.7. The van der Waals surface area contributed by atoms with Crippen molar-refractivity contribution in [2.45, 2.75) is 25.8 Å². The second-order valence-electron chi connectivity index (χ2n) is 7.34. The Hall–Kier alpha value is -2.24. The second-order valence-corrected chi connectivity index (χ2v) is 10.4. The number of rotatable bonds is 8. The number of sulfone groups is 1. The maximum Gasteiger partial charge on any atom is 0.263 e. The molecule has 0 bridgehead atoms. The van der Waals surface area contributed by atoms with E-state index in [-0.39, 0.29) is 0 Å². The highest BCUT2D eigenvalue weighted by Crippen LogP contribution is 2.23. The summed E-state index contributed by atoms with van der Waals surface area (Å²) in [6.07, 6.45) is 2.79. The van der Waals surface area contributed by atoms with Gasteiger partial charge in [0.25, 0.3) is 5.91 Å². The van der Waals surface area contributed by atoms with Crippen LogP contribution in [-0.4, -0.2) is 75.1 Å². The van der Waals surface area contributed by atoms with Gasteiger partial charge in [-0.2, -0.15) is 4.99 Å². The molecule has 3 rings (SSSR count). The lowest BCUT2D eigenvalue weighted by Crippen LogP contribution is -2.40. The van der Waals surface area contributed by atoms with Gasteiger partial charge in [0.15, 0.2) is 14.6 Å². The smallest absolute Gasteiger partial charge is 0.263 e. The summed E-state index contributed by atoms with van der Waals surface area (Å²) in [5, 5.41) is 0. The highest BCUT2D eigenvalue weighted by Gasteiger charge is 2.25. The van der Waals surface area contributed by atoms with E-state index in [0.717, 1.165) is 29.5 Å². The maximum atomic E-state index is 12.5. The van der Waals surface area contributed by atoms with Crippen molar-refractivity contribution in [1.82, 2.24) is 9.47 Å². The summed E-state index contributed by atoms with van der Waals surface area (Å²) in [7, 11) is -0.760. The maximum absolute atomic E-state index is 12.5. The average molecular weight is 470 g/mol. The Labute approximate surface area is 185 Å². The first-order valence-electron chi connectivity index (χ1n) is 10.0. The molecule has 1 saturated heterocycles. The van der Waals surface area contributed by atoms with Crippen molar-refractivity contribution in [1.29, 1.82) is 0 Å². The van der Waals surface area contributed by atoms with E-state index >= 15 is 0 Å². The molecule has 0 spiro atoms. The first-order valence-corrected chi connectivity index (χ1v) is 12.7. The summed E-state index contributed by atoms with van der Waals surface area (Å²) in [6.45, 7) is 1.99. The van der Waals surface area contributed by atoms with E-state index in [2.05, 4.69) is 4.99 Å². The quantitative estimate of drug-likeness (QED) is 0.575. The minimum Gasteiger partial charge on any atom is -0.497 e. The van der Waals surface area contributed by atoms with Crippen LogP contribution in [0.25, 0.3) is 10.2 Å². The molecule has 2 aromatic rings. The molecule has 0 atom stereocenters. The number of likely N-dealkylation sites (tertiary alicyclic amines) is 1. The van der Waals surface area contributed by atoms with Crippen LogP contribution in [0.4, 0.5) is 0 Å². The molecular formula is C20H27N3O6S2. The molecule has 9 nitrogen and oxygen atoms in total. The monoisotopic (exact) mass is 469 g/mol. The summed E-state index contributed by atoms with van der Waals surface area (Å²) in [4.78, 5) is 30.7. The minimum absolute atomic E-state index is 0.378. The van der Waals surface area contributed by atoms with Gasteiger partial charge in [-0.15, -0.1) is 0 Å². The molecular weight excluding hydrogens is 442 g/mol. The topological polar surface area (TPSA) is 107 Å². The van der Waals surface area contributed by atoms with Crippen LogP contribution in [0.1, 0.15) is 19.3 Å². The van der Waals surface area contributed by atoms with E-state index in [4.69, 9.17) is 9.47 Å². The fourth-order valence-electron chi connectivity index (χ4n) is 3.47. The molecule has 11 heteroatoms. The number of benzene rings is 1. The fraction of sp³-hybridized carbons (Fsp3) is 0.550. The van der Waals surface area contributed by atoms with Crippen LogP contribution in [0.5, 0.6) is 5.75 Å². The molecule has 1 aliphatic heterocycles. The predicted octanol–water partition coefficient (Wildman–Crippen LogP) is 1.21. The predicted molar refractivity (Wildman–Crippen MR) is 118 cm³/mol. The number of methoxy groups -OCH3 is 2. The lowest BCUT2D eigenvalue weighted by atomic mass is 10.1. The van der Waals surface area contributed by atoms with Gasteiger partial charge in [0.2, 0.25) is 5.91 Å². The van der Waals surface area contributed by atoms with Gasteiger partial charge >= 0.3 is 0 Å². The largest absolute Gasteiger partial charge is 0.497 e. The second kappa shape index (κ2) is 10.4. The number of ether oxygens (including phenoxy) is 2. The van der Waals surface area contributed by atoms with Gasteiger partial charge < -0.3 is 18.9 Å². The number of hydrogen-bond donors (Lipinski definition) is 0. The summed E-state index contributed by atoms with van der Waals surface area (Å²) in [5.41, 5.74) is 0.845. The van der Waals surface area contributed by atoms with E-state index in [1.807, 2.05) is 16.7 Å². The van der Waals surface area contributed by atoms with E-state index in [1.54, 1.807) is 25.2 Å². The molecule has 0 unspecified atom stereocenters. The van der Waals surface area contributed by atoms with E-state index in [9.17, 15) is 18.0 Å². The number of aromatic nitrogens is 1. The van der Waals surface area contributed by atoms with Gasteiger partial charge in [0, 0.05) is 26.7 Å². The van der Waals surface area contributed by atoms with Gasteiger partial charge in [0.05, 0.1) is 23.9 Å². The van der Waals surface area contributed by atoms with Crippen LogP contribution in [0.2, 0.25) is 0 Å². The molecule has 170 valence electrons. The number of thiazole rings is 1. The van der Waals surface area contributed by atoms with Crippen molar-refractivity contribution in [3.05, 3.63) is 23.0 Å². The first kappa shape index (κ1) is 23.4. The Morgan fingerprint density at radius 1 is 1.13 bits per heavy atom. The lowest BCUT2D eigenvalue weighted by Gasteiger charge is -2.26. The third kappa shape index (κ3) is 6.14. The number of carbonyl (C=O) groups excluding carboxylic acids is 2. The van der Waals surface area contributed by atoms with Crippen LogP contribution in [-0.2, 0) is 30.7 Å². The third-order valence-electron chi connectivity index (χ3n) is 5.02. The molecule has 2 heterocycles. The normalized spacial score (nSPS) is 15.4. The molecule has 0 aliphatic carbocycles. The molecule has 1 aromatic carbocycles. The highest BCUT2D eigenvalue weighted by atomic mass is 32.2. The Kier molecular flexibility index (Phi) is 7.84. The van der Waals surface area contributed by atoms with Gasteiger partial charge in [-0.3, -0.25) is 9.59 Å². The van der Waals surface area contributed by atoms with Crippen molar-refractivity contribution in [3.63, 3.8) is 0 Å². The number of amides is 2. The standard InChI is InChI=1S/C20H27N3O6S2/c1-28-11-10-23-16-7-6-15(29-2)12-17(16)30-20(23)21-18(24)13-31(26,27)14-19(25)22-8-4-3-5-9-22/h6-7,12H,3-5,8-11,13-14H2,1-2H3. The number of fused-ring (bicyclic) bond motifs is 1. The molecule has 0 radical (unpaired) electrons. The van der Waals surface area contributed by atoms with Crippen LogP contribution in [0, 0.1) is 0 Å². The van der Waals surface area contributed by atoms with Gasteiger partial charge in [-0.05, 0) is 37.5 Å². The molecule has 0 saturated carbocycles. The zero-order valence-corrected chi connectivity index (χ0v) is 19.3. The summed E-state index contributed by atoms with van der Waals surface area (Å²) >= 11 is 1.26. The summed E-state index contributed by atoms with van der Waals surface area (Å²) < 4.78 is 37.9. The number of hydrogen-bond acceptors (Lipinski definition) is 7. The van der Waals surface area contributed by atoms with Crippen LogP contribution >= 0.6 is 11.3 Å². The van der Waals surface area contributed by atoms with Crippen LogP contribution < -0.4 is 9.54 Å². The first-order chi connectivity index (χ1) is 14.8. The lowest BCUT2D eigenvalue weighted by molar-refractivity contribution is -0.129. The third-order valence-corrected chi connectivity index (χ3v) is 7.44. The van der Waals surface area contributed by atoms with Crippen LogP contribution in [0.3, 0.4) is 0 Å². The van der Waals surface area contributed by atoms with E-state index in [0.29, 0.717) is 36.8 Å². The fourth-order valence-corrected chi connectivity index (χ4v) is 5.67. The Morgan fingerprint density at radius 3 is 2.55 bits per heavy atom. The number of carbonyl (C=O) groups is 2. The molecule has 1 fully saturated rings. The highest BCUT2D eigenvalue weighted by molar-refractivity contribution is 7.92. The van der Waals surface area contributed by atoms with Crippen molar-refractivity contribution in [2.75, 3.05) is 45.4 Å². The van der Waals surface area contributed by atoms with Gasteiger partial charge in [-0.1, -0.05) is 11.3 Å². The van der Waals surface area contributed by atoms with Gasteiger partial charge in [0.1, 0.15) is 17.3 Å². The Balaban J connectivity index is 1.80. The van der Waals surface area contributed by atoms with Crippen molar-refractivity contribution in [2.24, 2.45) is 4.99 Å². The zero-order chi connectivity index (χ0) is 22.4. The van der Waals surface area contributed by atoms with Crippen molar-refractivity contribution in [3.8, 4) is 5.75 Å². The SMILES string of the molecule is COCCn1c(=NC(=O)CS(=O)(=O)CC(=O)N2CCCCC2)sc2cc(OC)ccc21. The van der Waals surface area contributed by atoms with E-state index < -0.39 is 33.2 Å². The molecule has 31 heavy (non-hydrogen) atoms. The van der Waals surface area contributed by atoms with E-state index in [1.165, 1.54) is 11.3 Å². The van der Waals surface area contributed by atoms with Crippen molar-refractivity contribution < 1.29 is 27.5 Å². The molecule has 1 aliphatic rings.